The van der Waals surface area contributed by atoms with Gasteiger partial charge in [0.05, 0.1) is 0 Å². The molecule has 0 amide bonds. The van der Waals surface area contributed by atoms with E-state index in [-0.39, 0.29) is 31.6 Å². The summed E-state index contributed by atoms with van der Waals surface area (Å²) >= 11 is 0. The van der Waals surface area contributed by atoms with Gasteiger partial charge in [-0.2, -0.15) is 0 Å². The molecule has 394 valence electrons. The Morgan fingerprint density at radius 3 is 0.971 bits per heavy atom. The standard InChI is InChI=1S/C63H106O6/c1-4-7-10-13-16-19-22-25-28-30-31-33-36-39-42-45-48-51-54-57-63(66)69-60(58-67-61(64)55-52-49-46-43-40-37-34-27-24-21-18-15-12-9-6-3)59-68-62(65)56-53-50-47-44-41-38-35-32-29-26-23-20-17-14-11-8-5-2/h9,12,16,18-19,21,25,27-28,31,33-34,39,42,48,51,60H,4-8,10-11,13-15,17,20,22-24,26,29-30,32,35-38,40-41,43-47,49-50,52-59H2,1-3H3/b12-9-,19-16-,21-18-,28-25-,33-31-,34-27-,42-39-,51-48-/t60-/m1/s1. The highest BCUT2D eigenvalue weighted by Crippen LogP contribution is 2.15. The molecule has 0 aliphatic carbocycles. The third kappa shape index (κ3) is 55.1. The van der Waals surface area contributed by atoms with E-state index in [9.17, 15) is 14.4 Å². The fraction of sp³-hybridized carbons (Fsp3) is 0.698. The molecule has 6 heteroatoms. The molecule has 0 aliphatic rings. The van der Waals surface area contributed by atoms with Crippen LogP contribution < -0.4 is 0 Å². The fourth-order valence-electron chi connectivity index (χ4n) is 7.79. The predicted octanol–water partition coefficient (Wildman–Crippen LogP) is 19.3. The second kappa shape index (κ2) is 56.9. The summed E-state index contributed by atoms with van der Waals surface area (Å²) in [7, 11) is 0. The van der Waals surface area contributed by atoms with Crippen molar-refractivity contribution in [3.63, 3.8) is 0 Å². The SMILES string of the molecule is CC/C=C\C/C=C\C/C=C\CCCCCCCC(=O)OC[C@H](COC(=O)CCCCCCCCCCCCCCCCCCC)OC(=O)CC/C=C\C/C=C\C/C=C\C/C=C\C/C=C\CCCCC. The number of rotatable bonds is 51. The number of hydrogen-bond acceptors (Lipinski definition) is 6. The van der Waals surface area contributed by atoms with Gasteiger partial charge < -0.3 is 14.2 Å². The van der Waals surface area contributed by atoms with Crippen LogP contribution in [0.15, 0.2) is 97.2 Å². The summed E-state index contributed by atoms with van der Waals surface area (Å²) in [4.78, 5) is 38.1. The van der Waals surface area contributed by atoms with Crippen LogP contribution in [-0.4, -0.2) is 37.2 Å². The topological polar surface area (TPSA) is 78.9 Å². The smallest absolute Gasteiger partial charge is 0.306 e. The molecule has 0 aromatic rings. The Labute approximate surface area is 426 Å². The van der Waals surface area contributed by atoms with Gasteiger partial charge in [0.25, 0.3) is 0 Å². The summed E-state index contributed by atoms with van der Waals surface area (Å²) < 4.78 is 16.8. The highest BCUT2D eigenvalue weighted by Gasteiger charge is 2.19. The van der Waals surface area contributed by atoms with Crippen LogP contribution in [-0.2, 0) is 28.6 Å². The highest BCUT2D eigenvalue weighted by atomic mass is 16.6. The molecule has 0 aromatic heterocycles. The van der Waals surface area contributed by atoms with E-state index in [2.05, 4.69) is 112 Å². The first kappa shape index (κ1) is 65.3. The molecule has 0 saturated heterocycles. The number of hydrogen-bond donors (Lipinski definition) is 0. The summed E-state index contributed by atoms with van der Waals surface area (Å²) in [6.07, 6.45) is 75.5. The number of carbonyl (C=O) groups excluding carboxylic acids is 3. The maximum Gasteiger partial charge on any atom is 0.306 e. The predicted molar refractivity (Wildman–Crippen MR) is 297 cm³/mol. The summed E-state index contributed by atoms with van der Waals surface area (Å²) in [5.74, 6) is -1.01. The van der Waals surface area contributed by atoms with Crippen LogP contribution in [0.5, 0.6) is 0 Å². The lowest BCUT2D eigenvalue weighted by molar-refractivity contribution is -0.166. The number of carbonyl (C=O) groups is 3. The molecule has 0 heterocycles. The Balaban J connectivity index is 4.51. The van der Waals surface area contributed by atoms with Gasteiger partial charge >= 0.3 is 17.9 Å². The number of allylic oxidation sites excluding steroid dienone is 16. The molecular weight excluding hydrogens is 853 g/mol. The van der Waals surface area contributed by atoms with E-state index in [0.717, 1.165) is 103 Å². The maximum atomic E-state index is 12.8. The first-order valence-electron chi connectivity index (χ1n) is 28.7. The number of unbranched alkanes of at least 4 members (excludes halogenated alkanes) is 24. The van der Waals surface area contributed by atoms with Crippen molar-refractivity contribution in [2.75, 3.05) is 13.2 Å². The van der Waals surface area contributed by atoms with Crippen molar-refractivity contribution in [2.45, 2.75) is 271 Å². The molecular formula is C63H106O6. The van der Waals surface area contributed by atoms with Gasteiger partial charge in [0, 0.05) is 19.3 Å². The van der Waals surface area contributed by atoms with Crippen molar-refractivity contribution in [3.8, 4) is 0 Å². The van der Waals surface area contributed by atoms with Gasteiger partial charge in [0.2, 0.25) is 0 Å². The van der Waals surface area contributed by atoms with Crippen LogP contribution >= 0.6 is 0 Å². The highest BCUT2D eigenvalue weighted by molar-refractivity contribution is 5.71. The normalized spacial score (nSPS) is 12.8. The van der Waals surface area contributed by atoms with Gasteiger partial charge in [0.1, 0.15) is 13.2 Å². The largest absolute Gasteiger partial charge is 0.462 e. The summed E-state index contributed by atoms with van der Waals surface area (Å²) in [6, 6.07) is 0. The van der Waals surface area contributed by atoms with E-state index < -0.39 is 12.1 Å². The van der Waals surface area contributed by atoms with E-state index in [1.54, 1.807) is 0 Å². The minimum atomic E-state index is -0.824. The Morgan fingerprint density at radius 1 is 0.304 bits per heavy atom. The molecule has 0 aliphatic heterocycles. The van der Waals surface area contributed by atoms with E-state index in [0.29, 0.717) is 19.3 Å². The quantitative estimate of drug-likeness (QED) is 0.0262. The van der Waals surface area contributed by atoms with Gasteiger partial charge in [-0.25, -0.2) is 0 Å². The first-order chi connectivity index (χ1) is 34.0. The van der Waals surface area contributed by atoms with Crippen LogP contribution in [0.1, 0.15) is 265 Å². The van der Waals surface area contributed by atoms with Crippen LogP contribution in [0.4, 0.5) is 0 Å². The van der Waals surface area contributed by atoms with Crippen LogP contribution in [0.2, 0.25) is 0 Å². The zero-order valence-electron chi connectivity index (χ0n) is 45.0. The molecule has 0 bridgehead atoms. The molecule has 6 nitrogen and oxygen atoms in total. The molecule has 0 radical (unpaired) electrons. The third-order valence-corrected chi connectivity index (χ3v) is 12.1. The Morgan fingerprint density at radius 2 is 0.594 bits per heavy atom. The lowest BCUT2D eigenvalue weighted by atomic mass is 10.0. The van der Waals surface area contributed by atoms with Gasteiger partial charge in [0.15, 0.2) is 6.10 Å². The van der Waals surface area contributed by atoms with Gasteiger partial charge in [-0.1, -0.05) is 253 Å². The third-order valence-electron chi connectivity index (χ3n) is 12.1. The van der Waals surface area contributed by atoms with Crippen LogP contribution in [0.3, 0.4) is 0 Å². The Hall–Kier alpha value is -3.67. The average molecular weight is 960 g/mol. The van der Waals surface area contributed by atoms with Crippen molar-refractivity contribution in [1.29, 1.82) is 0 Å². The maximum absolute atomic E-state index is 12.8. The van der Waals surface area contributed by atoms with Crippen molar-refractivity contribution in [3.05, 3.63) is 97.2 Å². The molecule has 0 spiro atoms. The second-order valence-electron chi connectivity index (χ2n) is 18.8. The molecule has 1 atom stereocenters. The van der Waals surface area contributed by atoms with E-state index in [1.165, 1.54) is 116 Å². The number of ether oxygens (including phenoxy) is 3. The lowest BCUT2D eigenvalue weighted by Crippen LogP contribution is -2.30. The minimum Gasteiger partial charge on any atom is -0.462 e. The molecule has 0 rings (SSSR count). The number of esters is 3. The lowest BCUT2D eigenvalue weighted by Gasteiger charge is -2.18. The summed E-state index contributed by atoms with van der Waals surface area (Å²) in [5.41, 5.74) is 0. The summed E-state index contributed by atoms with van der Waals surface area (Å²) in [5, 5.41) is 0. The molecule has 0 fully saturated rings. The van der Waals surface area contributed by atoms with E-state index in [1.807, 2.05) is 6.08 Å². The van der Waals surface area contributed by atoms with Gasteiger partial charge in [-0.3, -0.25) is 14.4 Å². The van der Waals surface area contributed by atoms with Crippen molar-refractivity contribution in [1.82, 2.24) is 0 Å². The van der Waals surface area contributed by atoms with Crippen LogP contribution in [0.25, 0.3) is 0 Å². The van der Waals surface area contributed by atoms with E-state index in [4.69, 9.17) is 14.2 Å². The van der Waals surface area contributed by atoms with Gasteiger partial charge in [-0.15, -0.1) is 0 Å². The van der Waals surface area contributed by atoms with Crippen molar-refractivity contribution in [2.24, 2.45) is 0 Å². The average Bonchev–Trinajstić information content (AvgIpc) is 3.35. The fourth-order valence-corrected chi connectivity index (χ4v) is 7.79. The molecule has 0 saturated carbocycles. The first-order valence-corrected chi connectivity index (χ1v) is 28.7. The zero-order valence-corrected chi connectivity index (χ0v) is 45.0. The molecule has 69 heavy (non-hydrogen) atoms. The molecule has 0 unspecified atom stereocenters. The Kier molecular flexibility index (Phi) is 53.9. The molecule has 0 aromatic carbocycles. The minimum absolute atomic E-state index is 0.111. The van der Waals surface area contributed by atoms with Crippen LogP contribution in [0, 0.1) is 0 Å². The summed E-state index contributed by atoms with van der Waals surface area (Å²) in [6.45, 7) is 6.44. The van der Waals surface area contributed by atoms with Gasteiger partial charge in [-0.05, 0) is 89.9 Å². The monoisotopic (exact) mass is 959 g/mol. The Bertz CT molecular complexity index is 1380. The second-order valence-corrected chi connectivity index (χ2v) is 18.8. The van der Waals surface area contributed by atoms with Crippen molar-refractivity contribution >= 4 is 17.9 Å². The zero-order chi connectivity index (χ0) is 50.0. The molecule has 0 N–H and O–H groups in total. The van der Waals surface area contributed by atoms with E-state index >= 15 is 0 Å². The van der Waals surface area contributed by atoms with Crippen molar-refractivity contribution < 1.29 is 28.6 Å².